The molecule has 7 heteroatoms. The van der Waals surface area contributed by atoms with Crippen LogP contribution in [0.5, 0.6) is 11.5 Å². The van der Waals surface area contributed by atoms with Gasteiger partial charge < -0.3 is 14.8 Å². The van der Waals surface area contributed by atoms with Crippen LogP contribution >= 0.6 is 35.0 Å². The second-order valence-electron chi connectivity index (χ2n) is 5.91. The van der Waals surface area contributed by atoms with Crippen LogP contribution in [0.4, 0.5) is 5.69 Å². The van der Waals surface area contributed by atoms with Gasteiger partial charge in [-0.1, -0.05) is 23.2 Å². The molecule has 0 heterocycles. The van der Waals surface area contributed by atoms with E-state index in [9.17, 15) is 4.79 Å². The minimum atomic E-state index is -0.0579. The van der Waals surface area contributed by atoms with Crippen molar-refractivity contribution in [3.05, 3.63) is 52.0 Å². The summed E-state index contributed by atoms with van der Waals surface area (Å²) in [6.07, 6.45) is 1.91. The highest BCUT2D eigenvalue weighted by Crippen LogP contribution is 2.31. The lowest BCUT2D eigenvalue weighted by Crippen LogP contribution is -2.15. The summed E-state index contributed by atoms with van der Waals surface area (Å²) in [6, 6.07) is 10.9. The molecule has 0 atom stereocenters. The van der Waals surface area contributed by atoms with E-state index in [1.54, 1.807) is 24.9 Å². The largest absolute Gasteiger partial charge is 0.495 e. The molecule has 0 aromatic heterocycles. The molecule has 146 valence electrons. The number of methoxy groups -OCH3 is 1. The van der Waals surface area contributed by atoms with Crippen molar-refractivity contribution in [1.29, 1.82) is 0 Å². The molecule has 0 bridgehead atoms. The molecule has 27 heavy (non-hydrogen) atoms. The van der Waals surface area contributed by atoms with Crippen molar-refractivity contribution in [2.24, 2.45) is 0 Å². The Labute approximate surface area is 174 Å². The third kappa shape index (κ3) is 7.53. The fourth-order valence-corrected chi connectivity index (χ4v) is 3.40. The summed E-state index contributed by atoms with van der Waals surface area (Å²) in [5, 5.41) is 4.19. The van der Waals surface area contributed by atoms with E-state index >= 15 is 0 Å². The zero-order valence-electron chi connectivity index (χ0n) is 15.4. The number of hydrogen-bond acceptors (Lipinski definition) is 4. The molecule has 0 unspecified atom stereocenters. The molecule has 2 aromatic carbocycles. The molecule has 0 aliphatic heterocycles. The molecule has 1 N–H and O–H groups in total. The highest BCUT2D eigenvalue weighted by Gasteiger charge is 2.10. The van der Waals surface area contributed by atoms with Crippen LogP contribution in [0.25, 0.3) is 0 Å². The summed E-state index contributed by atoms with van der Waals surface area (Å²) in [6.45, 7) is 2.54. The number of unbranched alkanes of at least 4 members (excludes halogenated alkanes) is 1. The number of ether oxygens (including phenoxy) is 2. The molecule has 0 aliphatic carbocycles. The molecule has 0 radical (unpaired) electrons. The van der Waals surface area contributed by atoms with Gasteiger partial charge in [0.25, 0.3) is 0 Å². The number of thioether (sulfide) groups is 1. The van der Waals surface area contributed by atoms with E-state index in [4.69, 9.17) is 32.7 Å². The first-order chi connectivity index (χ1) is 13.0. The van der Waals surface area contributed by atoms with Crippen LogP contribution in [0.15, 0.2) is 36.4 Å². The Bertz CT molecular complexity index is 754. The first kappa shape index (κ1) is 21.7. The third-order valence-corrected chi connectivity index (χ3v) is 5.46. The molecule has 2 aromatic rings. The van der Waals surface area contributed by atoms with Gasteiger partial charge in [0.05, 0.1) is 25.2 Å². The molecule has 0 spiro atoms. The number of anilines is 1. The molecule has 0 saturated heterocycles. The normalized spacial score (nSPS) is 10.5. The maximum Gasteiger partial charge on any atom is 0.234 e. The average molecular weight is 428 g/mol. The maximum absolute atomic E-state index is 12.1. The number of amides is 1. The second-order valence-corrected chi connectivity index (χ2v) is 7.86. The molecule has 0 fully saturated rings. The zero-order chi connectivity index (χ0) is 19.6. The minimum absolute atomic E-state index is 0.0579. The van der Waals surface area contributed by atoms with E-state index in [1.165, 1.54) is 0 Å². The number of nitrogens with one attached hydrogen (secondary N) is 1. The molecular formula is C20H23Cl2NO3S. The quantitative estimate of drug-likeness (QED) is 0.483. The Morgan fingerprint density at radius 3 is 2.59 bits per heavy atom. The maximum atomic E-state index is 12.1. The van der Waals surface area contributed by atoms with Crippen molar-refractivity contribution in [3.63, 3.8) is 0 Å². The van der Waals surface area contributed by atoms with Crippen molar-refractivity contribution in [2.75, 3.05) is 30.5 Å². The van der Waals surface area contributed by atoms with Crippen LogP contribution in [0.3, 0.4) is 0 Å². The molecular weight excluding hydrogens is 405 g/mol. The Hall–Kier alpha value is -1.56. The van der Waals surface area contributed by atoms with Crippen LogP contribution in [-0.4, -0.2) is 31.1 Å². The Morgan fingerprint density at radius 2 is 1.89 bits per heavy atom. The van der Waals surface area contributed by atoms with Gasteiger partial charge in [-0.3, -0.25) is 4.79 Å². The summed E-state index contributed by atoms with van der Waals surface area (Å²) in [5.41, 5.74) is 1.53. The van der Waals surface area contributed by atoms with E-state index in [0.717, 1.165) is 29.9 Å². The van der Waals surface area contributed by atoms with E-state index < -0.39 is 0 Å². The Kier molecular flexibility index (Phi) is 9.11. The van der Waals surface area contributed by atoms with Crippen LogP contribution in [-0.2, 0) is 4.79 Å². The number of hydrogen-bond donors (Lipinski definition) is 1. The van der Waals surface area contributed by atoms with Crippen LogP contribution in [0.2, 0.25) is 10.0 Å². The van der Waals surface area contributed by atoms with Gasteiger partial charge in [-0.2, -0.15) is 11.8 Å². The minimum Gasteiger partial charge on any atom is -0.495 e. The average Bonchev–Trinajstić information content (AvgIpc) is 2.65. The van der Waals surface area contributed by atoms with Gasteiger partial charge in [0.1, 0.15) is 11.5 Å². The monoisotopic (exact) mass is 427 g/mol. The van der Waals surface area contributed by atoms with Crippen molar-refractivity contribution >= 4 is 46.6 Å². The SMILES string of the molecule is COc1cc(Cl)c(C)cc1NC(=O)CSCCCCOc1ccc(Cl)cc1. The van der Waals surface area contributed by atoms with E-state index in [1.807, 2.05) is 37.3 Å². The number of carbonyl (C=O) groups excluding carboxylic acids is 1. The lowest BCUT2D eigenvalue weighted by Gasteiger charge is -2.12. The van der Waals surface area contributed by atoms with Gasteiger partial charge in [0.15, 0.2) is 0 Å². The highest BCUT2D eigenvalue weighted by atomic mass is 35.5. The number of carbonyl (C=O) groups is 1. The molecule has 4 nitrogen and oxygen atoms in total. The summed E-state index contributed by atoms with van der Waals surface area (Å²) >= 11 is 13.5. The first-order valence-electron chi connectivity index (χ1n) is 8.59. The Morgan fingerprint density at radius 1 is 1.15 bits per heavy atom. The first-order valence-corrected chi connectivity index (χ1v) is 10.5. The molecule has 0 aliphatic rings. The van der Waals surface area contributed by atoms with E-state index in [-0.39, 0.29) is 5.91 Å². The number of aryl methyl sites for hydroxylation is 1. The fourth-order valence-electron chi connectivity index (χ4n) is 2.31. The predicted octanol–water partition coefficient (Wildman–Crippen LogP) is 5.84. The zero-order valence-corrected chi connectivity index (χ0v) is 17.7. The van der Waals surface area contributed by atoms with Crippen LogP contribution in [0.1, 0.15) is 18.4 Å². The molecule has 1 amide bonds. The standard InChI is InChI=1S/C20H23Cl2NO3S/c1-14-11-18(19(25-2)12-17(14)22)23-20(24)13-27-10-4-3-9-26-16-7-5-15(21)6-8-16/h5-8,11-12H,3-4,9-10,13H2,1-2H3,(H,23,24). The number of halogens is 2. The highest BCUT2D eigenvalue weighted by molar-refractivity contribution is 7.99. The van der Waals surface area contributed by atoms with Crippen molar-refractivity contribution in [2.45, 2.75) is 19.8 Å². The van der Waals surface area contributed by atoms with Crippen molar-refractivity contribution in [3.8, 4) is 11.5 Å². The van der Waals surface area contributed by atoms with Crippen LogP contribution < -0.4 is 14.8 Å². The van der Waals surface area contributed by atoms with Crippen molar-refractivity contribution < 1.29 is 14.3 Å². The van der Waals surface area contributed by atoms with Gasteiger partial charge in [0.2, 0.25) is 5.91 Å². The summed E-state index contributed by atoms with van der Waals surface area (Å²) in [5.74, 6) is 2.61. The van der Waals surface area contributed by atoms with Gasteiger partial charge in [0, 0.05) is 16.1 Å². The van der Waals surface area contributed by atoms with Gasteiger partial charge in [-0.25, -0.2) is 0 Å². The van der Waals surface area contributed by atoms with Gasteiger partial charge in [-0.05, 0) is 61.4 Å². The number of rotatable bonds is 10. The predicted molar refractivity (Wildman–Crippen MR) is 115 cm³/mol. The Balaban J connectivity index is 1.62. The van der Waals surface area contributed by atoms with E-state index in [2.05, 4.69) is 5.32 Å². The summed E-state index contributed by atoms with van der Waals surface area (Å²) in [4.78, 5) is 12.1. The second kappa shape index (κ2) is 11.3. The molecule has 2 rings (SSSR count). The fraction of sp³-hybridized carbons (Fsp3) is 0.350. The third-order valence-electron chi connectivity index (χ3n) is 3.75. The van der Waals surface area contributed by atoms with Crippen LogP contribution in [0, 0.1) is 6.92 Å². The molecule has 0 saturated carbocycles. The summed E-state index contributed by atoms with van der Waals surface area (Å²) < 4.78 is 10.9. The lowest BCUT2D eigenvalue weighted by atomic mass is 10.2. The van der Waals surface area contributed by atoms with Gasteiger partial charge >= 0.3 is 0 Å². The van der Waals surface area contributed by atoms with E-state index in [0.29, 0.717) is 33.8 Å². The number of benzene rings is 2. The van der Waals surface area contributed by atoms with Crippen molar-refractivity contribution in [1.82, 2.24) is 0 Å². The smallest absolute Gasteiger partial charge is 0.234 e. The summed E-state index contributed by atoms with van der Waals surface area (Å²) in [7, 11) is 1.55. The topological polar surface area (TPSA) is 47.6 Å². The van der Waals surface area contributed by atoms with Gasteiger partial charge in [-0.15, -0.1) is 0 Å². The lowest BCUT2D eigenvalue weighted by molar-refractivity contribution is -0.113.